The summed E-state index contributed by atoms with van der Waals surface area (Å²) in [7, 11) is 0. The summed E-state index contributed by atoms with van der Waals surface area (Å²) in [6.45, 7) is 10.2. The van der Waals surface area contributed by atoms with Gasteiger partial charge < -0.3 is 10.2 Å². The molecule has 0 aliphatic rings. The van der Waals surface area contributed by atoms with Crippen LogP contribution in [0.4, 0.5) is 11.4 Å². The quantitative estimate of drug-likeness (QED) is 0.744. The third-order valence-electron chi connectivity index (χ3n) is 4.82. The first-order valence-electron chi connectivity index (χ1n) is 9.59. The van der Waals surface area contributed by atoms with Gasteiger partial charge in [-0.3, -0.25) is 9.59 Å². The van der Waals surface area contributed by atoms with Crippen LogP contribution in [0.15, 0.2) is 42.5 Å². The van der Waals surface area contributed by atoms with Crippen molar-refractivity contribution in [3.63, 3.8) is 0 Å². The van der Waals surface area contributed by atoms with E-state index in [-0.39, 0.29) is 18.2 Å². The van der Waals surface area contributed by atoms with Gasteiger partial charge in [-0.1, -0.05) is 51.1 Å². The molecule has 27 heavy (non-hydrogen) atoms. The highest BCUT2D eigenvalue weighted by Gasteiger charge is 2.15. The van der Waals surface area contributed by atoms with Crippen molar-refractivity contribution in [1.29, 1.82) is 0 Å². The van der Waals surface area contributed by atoms with Crippen LogP contribution in [0, 0.1) is 6.92 Å². The van der Waals surface area contributed by atoms with Gasteiger partial charge in [0.05, 0.1) is 0 Å². The van der Waals surface area contributed by atoms with Crippen LogP contribution < -0.4 is 10.2 Å². The number of hydrogen-bond donors (Lipinski definition) is 1. The predicted octanol–water partition coefficient (Wildman–Crippen LogP) is 5.06. The van der Waals surface area contributed by atoms with E-state index in [0.29, 0.717) is 12.5 Å². The van der Waals surface area contributed by atoms with Gasteiger partial charge in [0.2, 0.25) is 11.8 Å². The molecule has 0 saturated carbocycles. The topological polar surface area (TPSA) is 49.4 Å². The van der Waals surface area contributed by atoms with Crippen LogP contribution in [-0.4, -0.2) is 18.4 Å². The van der Waals surface area contributed by atoms with E-state index in [1.807, 2.05) is 49.4 Å². The number of hydrogen-bond acceptors (Lipinski definition) is 2. The third-order valence-corrected chi connectivity index (χ3v) is 4.82. The molecular weight excluding hydrogens is 336 g/mol. The van der Waals surface area contributed by atoms with Crippen molar-refractivity contribution in [2.24, 2.45) is 0 Å². The van der Waals surface area contributed by atoms with E-state index in [0.717, 1.165) is 28.9 Å². The normalized spacial score (nSPS) is 10.7. The van der Waals surface area contributed by atoms with Crippen molar-refractivity contribution in [3.05, 3.63) is 59.2 Å². The summed E-state index contributed by atoms with van der Waals surface area (Å²) >= 11 is 0. The molecule has 4 heteroatoms. The van der Waals surface area contributed by atoms with Gasteiger partial charge >= 0.3 is 0 Å². The van der Waals surface area contributed by atoms with E-state index in [9.17, 15) is 9.59 Å². The maximum Gasteiger partial charge on any atom is 0.226 e. The number of carbonyl (C=O) groups is 2. The smallest absolute Gasteiger partial charge is 0.226 e. The zero-order chi connectivity index (χ0) is 20.0. The predicted molar refractivity (Wildman–Crippen MR) is 112 cm³/mol. The third kappa shape index (κ3) is 5.43. The fraction of sp³-hybridized carbons (Fsp3) is 0.391. The van der Waals surface area contributed by atoms with Crippen LogP contribution in [0.5, 0.6) is 0 Å². The van der Waals surface area contributed by atoms with Crippen LogP contribution in [0.2, 0.25) is 0 Å². The Morgan fingerprint density at radius 3 is 2.30 bits per heavy atom. The minimum Gasteiger partial charge on any atom is -0.326 e. The van der Waals surface area contributed by atoms with Crippen molar-refractivity contribution in [3.8, 4) is 0 Å². The fourth-order valence-corrected chi connectivity index (χ4v) is 3.12. The molecule has 0 aliphatic carbocycles. The lowest BCUT2D eigenvalue weighted by molar-refractivity contribution is -0.117. The SMILES string of the molecule is CCc1cccc(C)c1NC(=O)CCN(C(C)=O)c1ccc(C(C)C)cc1. The number of nitrogens with one attached hydrogen (secondary N) is 1. The molecule has 2 aromatic rings. The Morgan fingerprint density at radius 2 is 1.74 bits per heavy atom. The molecule has 0 heterocycles. The number of carbonyl (C=O) groups excluding carboxylic acids is 2. The molecule has 2 aromatic carbocycles. The summed E-state index contributed by atoms with van der Waals surface area (Å²) in [4.78, 5) is 26.2. The standard InChI is InChI=1S/C23H30N2O2/c1-6-19-9-7-8-17(4)23(19)24-22(27)14-15-25(18(5)26)21-12-10-20(11-13-21)16(2)3/h7-13,16H,6,14-15H2,1-5H3,(H,24,27). The summed E-state index contributed by atoms with van der Waals surface area (Å²) < 4.78 is 0. The highest BCUT2D eigenvalue weighted by atomic mass is 16.2. The van der Waals surface area contributed by atoms with Gasteiger partial charge in [-0.2, -0.15) is 0 Å². The molecule has 0 atom stereocenters. The van der Waals surface area contributed by atoms with Crippen molar-refractivity contribution >= 4 is 23.2 Å². The highest BCUT2D eigenvalue weighted by Crippen LogP contribution is 2.22. The fourth-order valence-electron chi connectivity index (χ4n) is 3.12. The first-order valence-corrected chi connectivity index (χ1v) is 9.59. The van der Waals surface area contributed by atoms with Gasteiger partial charge in [0, 0.05) is 31.3 Å². The average molecular weight is 367 g/mol. The van der Waals surface area contributed by atoms with Gasteiger partial charge in [0.25, 0.3) is 0 Å². The molecule has 1 N–H and O–H groups in total. The van der Waals surface area contributed by atoms with Crippen LogP contribution in [0.25, 0.3) is 0 Å². The lowest BCUT2D eigenvalue weighted by atomic mass is 10.0. The number of rotatable bonds is 7. The lowest BCUT2D eigenvalue weighted by Crippen LogP contribution is -2.32. The molecular formula is C23H30N2O2. The number of para-hydroxylation sites is 1. The maximum atomic E-state index is 12.5. The van der Waals surface area contributed by atoms with E-state index in [1.54, 1.807) is 4.90 Å². The largest absolute Gasteiger partial charge is 0.326 e. The summed E-state index contributed by atoms with van der Waals surface area (Å²) in [6.07, 6.45) is 1.11. The van der Waals surface area contributed by atoms with Crippen molar-refractivity contribution < 1.29 is 9.59 Å². The summed E-state index contributed by atoms with van der Waals surface area (Å²) in [6, 6.07) is 14.0. The molecule has 0 aliphatic heterocycles. The zero-order valence-electron chi connectivity index (χ0n) is 17.0. The Morgan fingerprint density at radius 1 is 1.07 bits per heavy atom. The molecule has 0 spiro atoms. The van der Waals surface area contributed by atoms with Crippen LogP contribution in [0.1, 0.15) is 56.7 Å². The molecule has 0 saturated heterocycles. The van der Waals surface area contributed by atoms with Crippen LogP contribution in [0.3, 0.4) is 0 Å². The van der Waals surface area contributed by atoms with Crippen molar-refractivity contribution in [1.82, 2.24) is 0 Å². The van der Waals surface area contributed by atoms with Gasteiger partial charge in [-0.05, 0) is 48.1 Å². The monoisotopic (exact) mass is 366 g/mol. The Hall–Kier alpha value is -2.62. The van der Waals surface area contributed by atoms with Crippen molar-refractivity contribution in [2.45, 2.75) is 53.4 Å². The van der Waals surface area contributed by atoms with Gasteiger partial charge in [-0.25, -0.2) is 0 Å². The Kier molecular flexibility index (Phi) is 7.17. The van der Waals surface area contributed by atoms with E-state index >= 15 is 0 Å². The summed E-state index contributed by atoms with van der Waals surface area (Å²) in [5, 5.41) is 3.02. The molecule has 0 bridgehead atoms. The Labute approximate surface area is 162 Å². The number of anilines is 2. The zero-order valence-corrected chi connectivity index (χ0v) is 17.0. The molecule has 4 nitrogen and oxygen atoms in total. The summed E-state index contributed by atoms with van der Waals surface area (Å²) in [5.41, 5.74) is 5.11. The number of amides is 2. The molecule has 2 rings (SSSR count). The number of benzene rings is 2. The number of nitrogens with zero attached hydrogens (tertiary/aromatic N) is 1. The number of aryl methyl sites for hydroxylation is 2. The Bertz CT molecular complexity index is 795. The summed E-state index contributed by atoms with van der Waals surface area (Å²) in [5.74, 6) is 0.298. The van der Waals surface area contributed by atoms with Gasteiger partial charge in [-0.15, -0.1) is 0 Å². The van der Waals surface area contributed by atoms with E-state index in [1.165, 1.54) is 12.5 Å². The Balaban J connectivity index is 2.06. The first-order chi connectivity index (χ1) is 12.8. The van der Waals surface area contributed by atoms with Crippen LogP contribution in [-0.2, 0) is 16.0 Å². The maximum absolute atomic E-state index is 12.5. The van der Waals surface area contributed by atoms with Crippen LogP contribution >= 0.6 is 0 Å². The minimum absolute atomic E-state index is 0.0646. The second-order valence-electron chi connectivity index (χ2n) is 7.18. The highest BCUT2D eigenvalue weighted by molar-refractivity contribution is 5.95. The van der Waals surface area contributed by atoms with Gasteiger partial charge in [0.15, 0.2) is 0 Å². The van der Waals surface area contributed by atoms with E-state index < -0.39 is 0 Å². The van der Waals surface area contributed by atoms with Crippen molar-refractivity contribution in [2.75, 3.05) is 16.8 Å². The molecule has 0 aromatic heterocycles. The first kappa shape index (κ1) is 20.7. The second kappa shape index (κ2) is 9.36. The molecule has 0 fully saturated rings. The van der Waals surface area contributed by atoms with E-state index in [4.69, 9.17) is 0 Å². The minimum atomic E-state index is -0.0796. The van der Waals surface area contributed by atoms with E-state index in [2.05, 4.69) is 26.1 Å². The lowest BCUT2D eigenvalue weighted by Gasteiger charge is -2.22. The molecule has 0 radical (unpaired) electrons. The molecule has 0 unspecified atom stereocenters. The average Bonchev–Trinajstić information content (AvgIpc) is 2.63. The molecule has 2 amide bonds. The molecule has 144 valence electrons. The second-order valence-corrected chi connectivity index (χ2v) is 7.18. The van der Waals surface area contributed by atoms with Gasteiger partial charge in [0.1, 0.15) is 0 Å².